The van der Waals surface area contributed by atoms with Gasteiger partial charge in [0.2, 0.25) is 12.4 Å². The van der Waals surface area contributed by atoms with Gasteiger partial charge in [-0.3, -0.25) is 0 Å². The number of aromatic hydroxyl groups is 2. The Morgan fingerprint density at radius 2 is 1.69 bits per heavy atom. The van der Waals surface area contributed by atoms with Crippen LogP contribution in [0.25, 0.3) is 6.08 Å². The van der Waals surface area contributed by atoms with Crippen molar-refractivity contribution in [3.8, 4) is 17.2 Å². The molecule has 2 aromatic carbocycles. The summed E-state index contributed by atoms with van der Waals surface area (Å²) in [6.45, 7) is -0.645. The molecule has 12 heteroatoms. The fraction of sp³-hybridized carbons (Fsp3) is 0.333. The monoisotopic (exact) mass is 506 g/mol. The summed E-state index contributed by atoms with van der Waals surface area (Å²) in [5.74, 6) is -2.85. The van der Waals surface area contributed by atoms with Crippen LogP contribution in [-0.2, 0) is 25.5 Å². The van der Waals surface area contributed by atoms with Crippen LogP contribution in [-0.4, -0.2) is 91.1 Å². The fourth-order valence-corrected chi connectivity index (χ4v) is 3.40. The number of aliphatic hydroxyl groups is 4. The molecular formula is C24H26O12. The molecule has 0 aliphatic carbocycles. The largest absolute Gasteiger partial charge is 0.508 e. The van der Waals surface area contributed by atoms with Gasteiger partial charge >= 0.3 is 11.9 Å². The number of hydrogen-bond acceptors (Lipinski definition) is 11. The molecule has 3 rings (SSSR count). The van der Waals surface area contributed by atoms with Gasteiger partial charge in [0.15, 0.2) is 11.5 Å². The average molecular weight is 506 g/mol. The zero-order valence-electron chi connectivity index (χ0n) is 18.7. The SMILES string of the molecule is O=C(/C=C/c1ccc(O[C@@H]2O[C@H](CO)[C@@H](O)[C@H](O)[C@H]2O)c(O)c1)O[C@@H](Cc1ccc(O)cc1)C(=O)O. The fourth-order valence-electron chi connectivity index (χ4n) is 3.40. The third-order valence-corrected chi connectivity index (χ3v) is 5.38. The highest BCUT2D eigenvalue weighted by atomic mass is 16.7. The Bertz CT molecular complexity index is 1080. The van der Waals surface area contributed by atoms with Gasteiger partial charge in [-0.2, -0.15) is 0 Å². The number of esters is 1. The van der Waals surface area contributed by atoms with E-state index in [9.17, 15) is 45.3 Å². The van der Waals surface area contributed by atoms with Gasteiger partial charge in [0.25, 0.3) is 0 Å². The van der Waals surface area contributed by atoms with E-state index in [0.717, 1.165) is 6.08 Å². The Hall–Kier alpha value is -3.68. The molecule has 7 N–H and O–H groups in total. The third-order valence-electron chi connectivity index (χ3n) is 5.38. The molecule has 6 atom stereocenters. The Balaban J connectivity index is 1.62. The molecule has 1 aliphatic heterocycles. The first-order valence-electron chi connectivity index (χ1n) is 10.8. The third kappa shape index (κ3) is 6.71. The Kier molecular flexibility index (Phi) is 8.85. The maximum Gasteiger partial charge on any atom is 0.345 e. The minimum absolute atomic E-state index is 0.0124. The van der Waals surface area contributed by atoms with E-state index < -0.39 is 61.1 Å². The normalized spacial score (nSPS) is 24.8. The van der Waals surface area contributed by atoms with Crippen LogP contribution in [0.5, 0.6) is 17.2 Å². The van der Waals surface area contributed by atoms with Crippen molar-refractivity contribution in [1.29, 1.82) is 0 Å². The molecular weight excluding hydrogens is 480 g/mol. The molecule has 0 radical (unpaired) electrons. The first kappa shape index (κ1) is 26.9. The molecule has 0 unspecified atom stereocenters. The zero-order valence-corrected chi connectivity index (χ0v) is 18.7. The minimum Gasteiger partial charge on any atom is -0.508 e. The highest BCUT2D eigenvalue weighted by Crippen LogP contribution is 2.31. The topological polar surface area (TPSA) is 203 Å². The predicted octanol–water partition coefficient (Wildman–Crippen LogP) is -0.471. The molecule has 12 nitrogen and oxygen atoms in total. The maximum atomic E-state index is 12.1. The minimum atomic E-state index is -1.67. The molecule has 1 fully saturated rings. The van der Waals surface area contributed by atoms with Crippen molar-refractivity contribution < 1.29 is 59.5 Å². The number of aliphatic hydroxyl groups excluding tert-OH is 4. The van der Waals surface area contributed by atoms with Crippen molar-refractivity contribution in [3.05, 3.63) is 59.7 Å². The molecule has 0 saturated carbocycles. The Morgan fingerprint density at radius 1 is 1.00 bits per heavy atom. The number of ether oxygens (including phenoxy) is 3. The van der Waals surface area contributed by atoms with E-state index in [4.69, 9.17) is 14.2 Å². The molecule has 0 bridgehead atoms. The predicted molar refractivity (Wildman–Crippen MR) is 121 cm³/mol. The molecule has 2 aromatic rings. The van der Waals surface area contributed by atoms with Crippen LogP contribution in [0.2, 0.25) is 0 Å². The van der Waals surface area contributed by atoms with Crippen LogP contribution in [0.1, 0.15) is 11.1 Å². The quantitative estimate of drug-likeness (QED) is 0.170. The number of phenolic OH excluding ortho intramolecular Hbond substituents is 2. The summed E-state index contributed by atoms with van der Waals surface area (Å²) in [6.07, 6.45) is -6.90. The van der Waals surface area contributed by atoms with E-state index in [1.165, 1.54) is 48.5 Å². The maximum absolute atomic E-state index is 12.1. The van der Waals surface area contributed by atoms with Crippen molar-refractivity contribution in [1.82, 2.24) is 0 Å². The summed E-state index contributed by atoms with van der Waals surface area (Å²) in [4.78, 5) is 23.6. The second-order valence-electron chi connectivity index (χ2n) is 8.01. The summed E-state index contributed by atoms with van der Waals surface area (Å²) in [5, 5.41) is 67.8. The number of carbonyl (C=O) groups is 2. The summed E-state index contributed by atoms with van der Waals surface area (Å²) in [7, 11) is 0. The van der Waals surface area contributed by atoms with E-state index in [-0.39, 0.29) is 17.9 Å². The van der Waals surface area contributed by atoms with Gasteiger partial charge in [-0.15, -0.1) is 0 Å². The van der Waals surface area contributed by atoms with Gasteiger partial charge in [-0.25, -0.2) is 9.59 Å². The molecule has 0 spiro atoms. The second-order valence-corrected chi connectivity index (χ2v) is 8.01. The van der Waals surface area contributed by atoms with E-state index >= 15 is 0 Å². The Morgan fingerprint density at radius 3 is 2.31 bits per heavy atom. The summed E-state index contributed by atoms with van der Waals surface area (Å²) in [5.41, 5.74) is 0.855. The van der Waals surface area contributed by atoms with Crippen LogP contribution >= 0.6 is 0 Å². The van der Waals surface area contributed by atoms with Crippen LogP contribution in [0.15, 0.2) is 48.5 Å². The van der Waals surface area contributed by atoms with E-state index in [0.29, 0.717) is 11.1 Å². The number of carboxylic acids is 1. The molecule has 194 valence electrons. The van der Waals surface area contributed by atoms with Crippen molar-refractivity contribution in [2.24, 2.45) is 0 Å². The molecule has 1 aliphatic rings. The number of carbonyl (C=O) groups excluding carboxylic acids is 1. The zero-order chi connectivity index (χ0) is 26.4. The van der Waals surface area contributed by atoms with Gasteiger partial charge in [-0.1, -0.05) is 18.2 Å². The van der Waals surface area contributed by atoms with Gasteiger partial charge in [0, 0.05) is 12.5 Å². The van der Waals surface area contributed by atoms with Gasteiger partial charge < -0.3 is 50.0 Å². The van der Waals surface area contributed by atoms with Crippen molar-refractivity contribution >= 4 is 18.0 Å². The molecule has 0 aromatic heterocycles. The lowest BCUT2D eigenvalue weighted by Gasteiger charge is -2.39. The number of hydrogen-bond donors (Lipinski definition) is 7. The average Bonchev–Trinajstić information content (AvgIpc) is 2.85. The number of rotatable bonds is 9. The van der Waals surface area contributed by atoms with Crippen LogP contribution < -0.4 is 4.74 Å². The van der Waals surface area contributed by atoms with Gasteiger partial charge in [0.1, 0.15) is 30.2 Å². The molecule has 36 heavy (non-hydrogen) atoms. The lowest BCUT2D eigenvalue weighted by molar-refractivity contribution is -0.277. The van der Waals surface area contributed by atoms with Gasteiger partial charge in [-0.05, 0) is 41.5 Å². The lowest BCUT2D eigenvalue weighted by Crippen LogP contribution is -2.60. The molecule has 1 heterocycles. The molecule has 1 saturated heterocycles. The summed E-state index contributed by atoms with van der Waals surface area (Å²) < 4.78 is 15.6. The van der Waals surface area contributed by atoms with Crippen LogP contribution in [0, 0.1) is 0 Å². The highest BCUT2D eigenvalue weighted by molar-refractivity contribution is 5.89. The number of phenols is 2. The van der Waals surface area contributed by atoms with Crippen LogP contribution in [0.4, 0.5) is 0 Å². The van der Waals surface area contributed by atoms with E-state index in [1.807, 2.05) is 0 Å². The van der Waals surface area contributed by atoms with Crippen LogP contribution in [0.3, 0.4) is 0 Å². The van der Waals surface area contributed by atoms with E-state index in [1.54, 1.807) is 0 Å². The van der Waals surface area contributed by atoms with E-state index in [2.05, 4.69) is 0 Å². The smallest absolute Gasteiger partial charge is 0.345 e. The highest BCUT2D eigenvalue weighted by Gasteiger charge is 2.44. The van der Waals surface area contributed by atoms with Crippen molar-refractivity contribution in [2.75, 3.05) is 6.61 Å². The standard InChI is InChI=1S/C24H26O12/c25-11-18-20(29)21(30)22(31)24(36-18)35-16-7-3-12(9-15(16)27)4-8-19(28)34-17(23(32)33)10-13-1-5-14(26)6-2-13/h1-9,17-18,20-22,24-27,29-31H,10-11H2,(H,32,33)/b8-4+/t17-,18+,20+,21-,22+,24+/m0/s1. The second kappa shape index (κ2) is 11.8. The Labute approximate surface area is 204 Å². The number of carboxylic acid groups (broad SMARTS) is 1. The first-order chi connectivity index (χ1) is 17.1. The first-order valence-corrected chi connectivity index (χ1v) is 10.8. The molecule has 0 amide bonds. The lowest BCUT2D eigenvalue weighted by atomic mass is 9.99. The van der Waals surface area contributed by atoms with Gasteiger partial charge in [0.05, 0.1) is 6.61 Å². The number of aliphatic carboxylic acids is 1. The van der Waals surface area contributed by atoms with Crippen molar-refractivity contribution in [3.63, 3.8) is 0 Å². The van der Waals surface area contributed by atoms with Crippen molar-refractivity contribution in [2.45, 2.75) is 43.2 Å². The number of benzene rings is 2. The summed E-state index contributed by atoms with van der Waals surface area (Å²) in [6, 6.07) is 9.69. The summed E-state index contributed by atoms with van der Waals surface area (Å²) >= 11 is 0.